The summed E-state index contributed by atoms with van der Waals surface area (Å²) < 4.78 is 21.6. The molecule has 0 saturated carbocycles. The average Bonchev–Trinajstić information content (AvgIpc) is 3.17. The number of amides is 1. The van der Waals surface area contributed by atoms with Gasteiger partial charge < -0.3 is 24.2 Å². The van der Waals surface area contributed by atoms with Gasteiger partial charge in [0.05, 0.1) is 37.4 Å². The molecule has 0 bridgehead atoms. The Morgan fingerprint density at radius 2 is 2.11 bits per heavy atom. The molecule has 1 aromatic rings. The van der Waals surface area contributed by atoms with E-state index >= 15 is 0 Å². The van der Waals surface area contributed by atoms with Crippen LogP contribution in [0.4, 0.5) is 5.82 Å². The molecule has 0 spiro atoms. The van der Waals surface area contributed by atoms with Crippen LogP contribution in [0.5, 0.6) is 0 Å². The van der Waals surface area contributed by atoms with Crippen molar-refractivity contribution in [2.75, 3.05) is 18.5 Å². The number of nitrogens with zero attached hydrogens (tertiary/aromatic N) is 4. The normalized spacial score (nSPS) is 20.5. The van der Waals surface area contributed by atoms with E-state index in [1.165, 1.54) is 17.7 Å². The van der Waals surface area contributed by atoms with E-state index in [4.69, 9.17) is 19.0 Å². The Bertz CT molecular complexity index is 1020. The van der Waals surface area contributed by atoms with E-state index in [2.05, 4.69) is 32.9 Å². The number of aliphatic hydroxyl groups is 1. The van der Waals surface area contributed by atoms with Crippen molar-refractivity contribution in [3.63, 3.8) is 0 Å². The van der Waals surface area contributed by atoms with Gasteiger partial charge >= 0.3 is 5.69 Å². The Morgan fingerprint density at radius 1 is 1.43 bits per heavy atom. The minimum atomic E-state index is -1.56. The average molecular weight is 508 g/mol. The quantitative estimate of drug-likeness (QED) is 0.263. The van der Waals surface area contributed by atoms with Crippen molar-refractivity contribution >= 4 is 20.3 Å². The van der Waals surface area contributed by atoms with Crippen molar-refractivity contribution < 1.29 is 23.7 Å². The third kappa shape index (κ3) is 7.81. The second-order valence-electron chi connectivity index (χ2n) is 8.49. The molecule has 1 fully saturated rings. The first-order valence-electron chi connectivity index (χ1n) is 11.5. The highest BCUT2D eigenvalue weighted by Gasteiger charge is 2.41. The lowest BCUT2D eigenvalue weighted by molar-refractivity contribution is -0.114. The fourth-order valence-electron chi connectivity index (χ4n) is 3.72. The molecule has 0 radical (unpaired) electrons. The van der Waals surface area contributed by atoms with Gasteiger partial charge in [-0.25, -0.2) is 9.46 Å². The summed E-state index contributed by atoms with van der Waals surface area (Å²) in [5, 5.41) is 21.4. The maximum atomic E-state index is 12.8. The third-order valence-electron chi connectivity index (χ3n) is 5.06. The molecule has 1 aliphatic heterocycles. The minimum absolute atomic E-state index is 0.0801. The molecule has 0 aromatic carbocycles. The van der Waals surface area contributed by atoms with Crippen LogP contribution in [0.1, 0.15) is 66.2 Å². The van der Waals surface area contributed by atoms with Crippen molar-refractivity contribution in [3.8, 4) is 17.9 Å². The van der Waals surface area contributed by atoms with Crippen molar-refractivity contribution in [2.45, 2.75) is 84.9 Å². The summed E-state index contributed by atoms with van der Waals surface area (Å²) >= 11 is 0. The molecule has 1 unspecified atom stereocenters. The number of hydrogen-bond donors (Lipinski definition) is 2. The highest BCUT2D eigenvalue weighted by Crippen LogP contribution is 2.49. The molecular weight excluding hydrogens is 473 g/mol. The van der Waals surface area contributed by atoms with Gasteiger partial charge in [-0.3, -0.25) is 9.36 Å². The van der Waals surface area contributed by atoms with Gasteiger partial charge in [0.25, 0.3) is 8.53 Å². The zero-order chi connectivity index (χ0) is 26.1. The van der Waals surface area contributed by atoms with Crippen LogP contribution in [-0.4, -0.2) is 62.7 Å². The number of aromatic nitrogens is 2. The van der Waals surface area contributed by atoms with Gasteiger partial charge in [-0.05, 0) is 34.6 Å². The van der Waals surface area contributed by atoms with Crippen LogP contribution in [0.2, 0.25) is 0 Å². The second kappa shape index (κ2) is 13.6. The Morgan fingerprint density at radius 3 is 2.66 bits per heavy atom. The maximum Gasteiger partial charge on any atom is 0.351 e. The SMILES string of the molecule is CC#Cc1cn([C@H]2C[C@H](OP(OCCC#N)N(C(C)C)C(C)C)[C@@H](CO)O2)c(=O)nc1NC(C)=O. The number of ether oxygens (including phenoxy) is 1. The molecule has 2 heterocycles. The summed E-state index contributed by atoms with van der Waals surface area (Å²) in [5.74, 6) is 5.29. The maximum absolute atomic E-state index is 12.8. The zero-order valence-electron chi connectivity index (χ0n) is 21.0. The molecular formula is C23H34N5O6P. The monoisotopic (exact) mass is 507 g/mol. The van der Waals surface area contributed by atoms with Crippen molar-refractivity contribution in [1.29, 1.82) is 5.26 Å². The van der Waals surface area contributed by atoms with Crippen LogP contribution in [0, 0.1) is 23.2 Å². The topological polar surface area (TPSA) is 139 Å². The van der Waals surface area contributed by atoms with Crippen LogP contribution in [0.25, 0.3) is 0 Å². The largest absolute Gasteiger partial charge is 0.394 e. The Hall–Kier alpha value is -2.37. The number of nitriles is 1. The van der Waals surface area contributed by atoms with Gasteiger partial charge in [-0.2, -0.15) is 10.2 Å². The molecule has 35 heavy (non-hydrogen) atoms. The van der Waals surface area contributed by atoms with Crippen LogP contribution in [0.15, 0.2) is 11.0 Å². The van der Waals surface area contributed by atoms with Crippen LogP contribution < -0.4 is 11.0 Å². The molecule has 11 nitrogen and oxygen atoms in total. The number of nitrogens with one attached hydrogen (secondary N) is 1. The van der Waals surface area contributed by atoms with Crippen molar-refractivity contribution in [2.24, 2.45) is 0 Å². The van der Waals surface area contributed by atoms with E-state index in [0.29, 0.717) is 5.56 Å². The summed E-state index contributed by atoms with van der Waals surface area (Å²) in [4.78, 5) is 28.2. The Kier molecular flexibility index (Phi) is 11.3. The number of carbonyl (C=O) groups is 1. The molecule has 4 atom stereocenters. The summed E-state index contributed by atoms with van der Waals surface area (Å²) in [6, 6.07) is 2.28. The summed E-state index contributed by atoms with van der Waals surface area (Å²) in [5.41, 5.74) is -0.264. The lowest BCUT2D eigenvalue weighted by Crippen LogP contribution is -2.36. The number of rotatable bonds is 11. The Labute approximate surface area is 207 Å². The highest BCUT2D eigenvalue weighted by atomic mass is 31.2. The fourth-order valence-corrected chi connectivity index (χ4v) is 5.48. The third-order valence-corrected chi connectivity index (χ3v) is 7.22. The predicted molar refractivity (Wildman–Crippen MR) is 131 cm³/mol. The first-order valence-corrected chi connectivity index (χ1v) is 12.6. The molecule has 1 aliphatic rings. The lowest BCUT2D eigenvalue weighted by atomic mass is 10.2. The van der Waals surface area contributed by atoms with Gasteiger partial charge in [0.15, 0.2) is 5.82 Å². The molecule has 2 rings (SSSR count). The molecule has 0 aliphatic carbocycles. The predicted octanol–water partition coefficient (Wildman–Crippen LogP) is 2.51. The van der Waals surface area contributed by atoms with E-state index in [-0.39, 0.29) is 49.9 Å². The Balaban J connectivity index is 2.33. The van der Waals surface area contributed by atoms with Gasteiger partial charge in [0.2, 0.25) is 5.91 Å². The van der Waals surface area contributed by atoms with Crippen LogP contribution >= 0.6 is 8.53 Å². The molecule has 1 aromatic heterocycles. The summed E-state index contributed by atoms with van der Waals surface area (Å²) in [7, 11) is -1.56. The summed E-state index contributed by atoms with van der Waals surface area (Å²) in [6.45, 7) is 11.0. The lowest BCUT2D eigenvalue weighted by Gasteiger charge is -2.37. The van der Waals surface area contributed by atoms with Crippen LogP contribution in [0.3, 0.4) is 0 Å². The highest BCUT2D eigenvalue weighted by molar-refractivity contribution is 7.44. The van der Waals surface area contributed by atoms with E-state index < -0.39 is 32.7 Å². The number of carbonyl (C=O) groups excluding carboxylic acids is 1. The molecule has 1 saturated heterocycles. The van der Waals surface area contributed by atoms with Gasteiger partial charge in [-0.1, -0.05) is 5.92 Å². The standard InChI is InChI=1S/C23H34N5O6P/c1-7-9-18-13-27(23(31)26-22(18)25-17(6)30)21-12-19(20(14-29)33-21)34-35(32-11-8-10-24)28(15(2)3)16(4)5/h13,15-16,19-21,29H,8,11-12,14H2,1-6H3,(H,25,26,30,31)/t19-,20+,21+,35?/m0/s1. The van der Waals surface area contributed by atoms with Gasteiger partial charge in [0.1, 0.15) is 12.3 Å². The van der Waals surface area contributed by atoms with Crippen LogP contribution in [-0.2, 0) is 18.6 Å². The number of aliphatic hydroxyl groups excluding tert-OH is 1. The number of anilines is 1. The molecule has 12 heteroatoms. The van der Waals surface area contributed by atoms with E-state index in [0.717, 1.165) is 0 Å². The van der Waals surface area contributed by atoms with Crippen molar-refractivity contribution in [3.05, 3.63) is 22.2 Å². The molecule has 192 valence electrons. The second-order valence-corrected chi connectivity index (χ2v) is 9.89. The van der Waals surface area contributed by atoms with Gasteiger partial charge in [0, 0.05) is 31.6 Å². The van der Waals surface area contributed by atoms with Gasteiger partial charge in [-0.15, -0.1) is 5.92 Å². The van der Waals surface area contributed by atoms with E-state index in [1.54, 1.807) is 6.92 Å². The minimum Gasteiger partial charge on any atom is -0.394 e. The van der Waals surface area contributed by atoms with Crippen molar-refractivity contribution in [1.82, 2.24) is 14.2 Å². The number of hydrogen-bond acceptors (Lipinski definition) is 9. The molecule has 2 N–H and O–H groups in total. The van der Waals surface area contributed by atoms with E-state index in [1.807, 2.05) is 27.7 Å². The first-order chi connectivity index (χ1) is 16.6. The smallest absolute Gasteiger partial charge is 0.351 e. The first kappa shape index (κ1) is 28.9. The summed E-state index contributed by atoms with van der Waals surface area (Å²) in [6.07, 6.45) is -0.0602. The fraction of sp³-hybridized carbons (Fsp3) is 0.652. The van der Waals surface area contributed by atoms with E-state index in [9.17, 15) is 14.7 Å². The molecule has 1 amide bonds. The zero-order valence-corrected chi connectivity index (χ0v) is 21.9.